The van der Waals surface area contributed by atoms with Crippen LogP contribution in [0.3, 0.4) is 0 Å². The Labute approximate surface area is 191 Å². The lowest BCUT2D eigenvalue weighted by atomic mass is 10.1. The minimum atomic E-state index is -0.448. The highest BCUT2D eigenvalue weighted by Crippen LogP contribution is 2.33. The molecule has 1 fully saturated rings. The van der Waals surface area contributed by atoms with E-state index < -0.39 is 5.91 Å². The predicted octanol–water partition coefficient (Wildman–Crippen LogP) is 3.04. The van der Waals surface area contributed by atoms with E-state index in [4.69, 9.17) is 25.8 Å². The number of hydrogen-bond acceptors (Lipinski definition) is 6. The number of carbonyl (C=O) groups is 2. The van der Waals surface area contributed by atoms with Crippen LogP contribution < -0.4 is 25.1 Å². The molecular formula is C23H26ClN3O5. The number of carbonyl (C=O) groups excluding carboxylic acids is 2. The van der Waals surface area contributed by atoms with E-state index in [1.54, 1.807) is 24.3 Å². The zero-order valence-electron chi connectivity index (χ0n) is 17.6. The Balaban J connectivity index is 1.27. The summed E-state index contributed by atoms with van der Waals surface area (Å²) in [5.74, 6) is 1.26. The normalized spacial score (nSPS) is 15.1. The van der Waals surface area contributed by atoms with Crippen molar-refractivity contribution in [1.29, 1.82) is 0 Å². The summed E-state index contributed by atoms with van der Waals surface area (Å²) in [6.07, 6.45) is 4.42. The Hall–Kier alpha value is -2.97. The first-order valence-electron chi connectivity index (χ1n) is 10.7. The topological polar surface area (TPSA) is 89.1 Å². The standard InChI is InChI=1S/C23H26ClN3O5/c24-17-6-8-19(9-7-17)30-14-23(29)26-25-22(28)13-27(18-3-1-2-4-18)12-16-5-10-20-21(11-16)32-15-31-20/h5-11,18H,1-4,12-15H2,(H,25,28)(H,26,29). The lowest BCUT2D eigenvalue weighted by molar-refractivity contribution is -0.130. The average Bonchev–Trinajstić information content (AvgIpc) is 3.49. The number of nitrogens with one attached hydrogen (secondary N) is 2. The van der Waals surface area contributed by atoms with Crippen molar-refractivity contribution in [2.45, 2.75) is 38.3 Å². The summed E-state index contributed by atoms with van der Waals surface area (Å²) in [4.78, 5) is 26.7. The molecule has 1 aliphatic heterocycles. The second-order valence-corrected chi connectivity index (χ2v) is 8.31. The van der Waals surface area contributed by atoms with Gasteiger partial charge in [0.15, 0.2) is 18.1 Å². The van der Waals surface area contributed by atoms with Gasteiger partial charge < -0.3 is 14.2 Å². The first kappa shape index (κ1) is 22.2. The van der Waals surface area contributed by atoms with Crippen LogP contribution in [-0.4, -0.2) is 42.7 Å². The Bertz CT molecular complexity index is 947. The number of benzene rings is 2. The molecule has 0 bridgehead atoms. The van der Waals surface area contributed by atoms with Gasteiger partial charge in [0.25, 0.3) is 11.8 Å². The molecule has 0 saturated heterocycles. The van der Waals surface area contributed by atoms with Gasteiger partial charge in [-0.05, 0) is 54.8 Å². The molecule has 0 radical (unpaired) electrons. The quantitative estimate of drug-likeness (QED) is 0.590. The van der Waals surface area contributed by atoms with Gasteiger partial charge in [0.2, 0.25) is 6.79 Å². The molecule has 2 aromatic rings. The summed E-state index contributed by atoms with van der Waals surface area (Å²) < 4.78 is 16.2. The van der Waals surface area contributed by atoms with Crippen LogP contribution >= 0.6 is 11.6 Å². The third-order valence-corrected chi connectivity index (χ3v) is 5.79. The SMILES string of the molecule is O=C(COc1ccc(Cl)cc1)NNC(=O)CN(Cc1ccc2c(c1)OCO2)C1CCCC1. The minimum absolute atomic E-state index is 0.178. The lowest BCUT2D eigenvalue weighted by Gasteiger charge is -2.28. The van der Waals surface area contributed by atoms with Crippen LogP contribution in [0, 0.1) is 0 Å². The molecule has 0 unspecified atom stereocenters. The molecule has 9 heteroatoms. The molecule has 2 amide bonds. The van der Waals surface area contributed by atoms with Crippen LogP contribution in [-0.2, 0) is 16.1 Å². The monoisotopic (exact) mass is 459 g/mol. The summed E-state index contributed by atoms with van der Waals surface area (Å²) in [5.41, 5.74) is 5.94. The zero-order valence-corrected chi connectivity index (χ0v) is 18.4. The Morgan fingerprint density at radius 3 is 2.50 bits per heavy atom. The van der Waals surface area contributed by atoms with E-state index in [-0.39, 0.29) is 25.9 Å². The molecule has 0 atom stereocenters. The van der Waals surface area contributed by atoms with Crippen molar-refractivity contribution in [3.63, 3.8) is 0 Å². The van der Waals surface area contributed by atoms with E-state index in [0.29, 0.717) is 23.4 Å². The van der Waals surface area contributed by atoms with Gasteiger partial charge in [-0.25, -0.2) is 0 Å². The zero-order chi connectivity index (χ0) is 22.3. The minimum Gasteiger partial charge on any atom is -0.484 e. The number of halogens is 1. The Morgan fingerprint density at radius 1 is 1.00 bits per heavy atom. The van der Waals surface area contributed by atoms with E-state index in [2.05, 4.69) is 15.8 Å². The molecule has 32 heavy (non-hydrogen) atoms. The number of amides is 2. The fraction of sp³-hybridized carbons (Fsp3) is 0.391. The van der Waals surface area contributed by atoms with Gasteiger partial charge >= 0.3 is 0 Å². The van der Waals surface area contributed by atoms with Gasteiger partial charge in [0.05, 0.1) is 6.54 Å². The second-order valence-electron chi connectivity index (χ2n) is 7.87. The maximum Gasteiger partial charge on any atom is 0.276 e. The Kier molecular flexibility index (Phi) is 7.34. The highest BCUT2D eigenvalue weighted by molar-refractivity contribution is 6.30. The number of hydrogen-bond donors (Lipinski definition) is 2. The van der Waals surface area contributed by atoms with Crippen molar-refractivity contribution in [2.75, 3.05) is 19.9 Å². The summed E-state index contributed by atoms with van der Waals surface area (Å²) in [6, 6.07) is 12.9. The fourth-order valence-corrected chi connectivity index (χ4v) is 4.06. The van der Waals surface area contributed by atoms with E-state index >= 15 is 0 Å². The summed E-state index contributed by atoms with van der Waals surface area (Å²) in [6.45, 7) is 0.806. The molecular weight excluding hydrogens is 434 g/mol. The van der Waals surface area contributed by atoms with Gasteiger partial charge in [-0.1, -0.05) is 30.5 Å². The van der Waals surface area contributed by atoms with Crippen LogP contribution in [0.5, 0.6) is 17.2 Å². The molecule has 170 valence electrons. The van der Waals surface area contributed by atoms with Crippen molar-refractivity contribution in [3.8, 4) is 17.2 Å². The number of nitrogens with zero attached hydrogens (tertiary/aromatic N) is 1. The highest BCUT2D eigenvalue weighted by atomic mass is 35.5. The van der Waals surface area contributed by atoms with E-state index in [9.17, 15) is 9.59 Å². The largest absolute Gasteiger partial charge is 0.484 e. The van der Waals surface area contributed by atoms with Gasteiger partial charge in [0, 0.05) is 17.6 Å². The van der Waals surface area contributed by atoms with E-state index in [0.717, 1.165) is 42.7 Å². The van der Waals surface area contributed by atoms with Crippen LogP contribution in [0.4, 0.5) is 0 Å². The van der Waals surface area contributed by atoms with Crippen LogP contribution in [0.25, 0.3) is 0 Å². The Morgan fingerprint density at radius 2 is 1.72 bits per heavy atom. The smallest absolute Gasteiger partial charge is 0.276 e. The van der Waals surface area contributed by atoms with Gasteiger partial charge in [-0.15, -0.1) is 0 Å². The first-order valence-corrected chi connectivity index (χ1v) is 11.0. The first-order chi connectivity index (χ1) is 15.6. The lowest BCUT2D eigenvalue weighted by Crippen LogP contribution is -2.49. The maximum atomic E-state index is 12.5. The van der Waals surface area contributed by atoms with Crippen molar-refractivity contribution in [3.05, 3.63) is 53.1 Å². The number of hydrazine groups is 1. The predicted molar refractivity (Wildman–Crippen MR) is 118 cm³/mol. The average molecular weight is 460 g/mol. The molecule has 4 rings (SSSR count). The summed E-state index contributed by atoms with van der Waals surface area (Å²) >= 11 is 5.83. The van der Waals surface area contributed by atoms with Crippen molar-refractivity contribution < 1.29 is 23.8 Å². The van der Waals surface area contributed by atoms with Gasteiger partial charge in [0.1, 0.15) is 5.75 Å². The molecule has 2 N–H and O–H groups in total. The molecule has 8 nitrogen and oxygen atoms in total. The second kappa shape index (κ2) is 10.6. The van der Waals surface area contributed by atoms with Gasteiger partial charge in [-0.3, -0.25) is 25.3 Å². The number of fused-ring (bicyclic) bond motifs is 1. The van der Waals surface area contributed by atoms with Crippen molar-refractivity contribution in [1.82, 2.24) is 15.8 Å². The number of ether oxygens (including phenoxy) is 3. The van der Waals surface area contributed by atoms with Crippen LogP contribution in [0.2, 0.25) is 5.02 Å². The molecule has 1 aliphatic carbocycles. The summed E-state index contributed by atoms with van der Waals surface area (Å²) in [7, 11) is 0. The molecule has 0 spiro atoms. The molecule has 1 heterocycles. The van der Waals surface area contributed by atoms with E-state index in [1.165, 1.54) is 0 Å². The molecule has 1 saturated carbocycles. The molecule has 0 aromatic heterocycles. The third kappa shape index (κ3) is 6.05. The number of rotatable bonds is 8. The fourth-order valence-electron chi connectivity index (χ4n) is 3.94. The highest BCUT2D eigenvalue weighted by Gasteiger charge is 2.25. The molecule has 2 aliphatic rings. The summed E-state index contributed by atoms with van der Waals surface area (Å²) in [5, 5.41) is 0.585. The van der Waals surface area contributed by atoms with Crippen molar-refractivity contribution >= 4 is 23.4 Å². The van der Waals surface area contributed by atoms with Gasteiger partial charge in [-0.2, -0.15) is 0 Å². The third-order valence-electron chi connectivity index (χ3n) is 5.54. The van der Waals surface area contributed by atoms with Crippen molar-refractivity contribution in [2.24, 2.45) is 0 Å². The van der Waals surface area contributed by atoms with Crippen LogP contribution in [0.15, 0.2) is 42.5 Å². The van der Waals surface area contributed by atoms with Crippen LogP contribution in [0.1, 0.15) is 31.2 Å². The van der Waals surface area contributed by atoms with E-state index in [1.807, 2.05) is 18.2 Å². The molecule has 2 aromatic carbocycles. The maximum absolute atomic E-state index is 12.5.